The molecule has 0 aromatic heterocycles. The summed E-state index contributed by atoms with van der Waals surface area (Å²) in [5.74, 6) is 0. The van der Waals surface area contributed by atoms with Crippen molar-refractivity contribution in [3.05, 3.63) is 607 Å². The van der Waals surface area contributed by atoms with Crippen molar-refractivity contribution in [2.24, 2.45) is 0 Å². The van der Waals surface area contributed by atoms with Gasteiger partial charge in [0.25, 0.3) is 0 Å². The van der Waals surface area contributed by atoms with Crippen LogP contribution in [0.1, 0.15) is 207 Å². The first-order valence-electron chi connectivity index (χ1n) is 52.3. The fourth-order valence-electron chi connectivity index (χ4n) is 26.7. The minimum absolute atomic E-state index is 0.0563. The van der Waals surface area contributed by atoms with Crippen LogP contribution >= 0.6 is 0 Å². The van der Waals surface area contributed by atoms with E-state index in [-0.39, 0.29) is 21.7 Å². The van der Waals surface area contributed by atoms with E-state index in [2.05, 4.69) is 542 Å². The van der Waals surface area contributed by atoms with E-state index in [0.29, 0.717) is 10.8 Å². The highest BCUT2D eigenvalue weighted by atomic mass is 14.5. The SMILES string of the molecule is Cc1ccc(-c2ccc3c(c2)C(C)(c2ccccc2)c2ccccc2-3)cc1.Cc1ccc2c(c1)C(C)(c1ccccc1)c1cc(-c3ccccc3)ccc1-2.Cc1ccc2c(c1)C(C)(c1ccccc1)c1ccccc1-2.Cc1ccc2c(c1)C1(CCCC1)c1ccccc1-2.Cc1ccc2c(c1)C1(CCCCC1)c1ccccc1-2.Cc1ccccc1-c1cccc2c1-c1ccccc1C2(c1ccccc1)c1ccccc1. The van der Waals surface area contributed by atoms with Crippen molar-refractivity contribution in [2.45, 2.75) is 153 Å². The Morgan fingerprint density at radius 1 is 0.153 bits per heavy atom. The normalized spacial score (nSPS) is 17.2. The Morgan fingerprint density at radius 3 is 0.812 bits per heavy atom. The second-order valence-corrected chi connectivity index (χ2v) is 42.1. The molecule has 700 valence electrons. The molecule has 8 aliphatic carbocycles. The lowest BCUT2D eigenvalue weighted by molar-refractivity contribution is 0.352. The highest BCUT2D eigenvalue weighted by Crippen LogP contribution is 2.63. The zero-order valence-electron chi connectivity index (χ0n) is 84.5. The van der Waals surface area contributed by atoms with Crippen LogP contribution in [0, 0.1) is 41.5 Å². The van der Waals surface area contributed by atoms with Gasteiger partial charge >= 0.3 is 0 Å². The molecule has 3 atom stereocenters. The predicted octanol–water partition coefficient (Wildman–Crippen LogP) is 37.4. The molecule has 0 nitrogen and oxygen atoms in total. The maximum atomic E-state index is 2.45. The van der Waals surface area contributed by atoms with Gasteiger partial charge in [-0.3, -0.25) is 0 Å². The van der Waals surface area contributed by atoms with Crippen molar-refractivity contribution in [1.82, 2.24) is 0 Å². The average molecular weight is 1850 g/mol. The van der Waals surface area contributed by atoms with Crippen molar-refractivity contribution >= 4 is 0 Å². The van der Waals surface area contributed by atoms with Gasteiger partial charge in [-0.2, -0.15) is 0 Å². The third kappa shape index (κ3) is 15.6. The second kappa shape index (κ2) is 38.0. The molecule has 20 aromatic carbocycles. The van der Waals surface area contributed by atoms with E-state index in [0.717, 1.165) is 0 Å². The van der Waals surface area contributed by atoms with Crippen LogP contribution in [0.25, 0.3) is 100 Å². The van der Waals surface area contributed by atoms with Crippen molar-refractivity contribution in [2.75, 3.05) is 0 Å². The summed E-state index contributed by atoms with van der Waals surface area (Å²) in [6, 6.07) is 176. The third-order valence-corrected chi connectivity index (χ3v) is 33.8. The molecule has 3 unspecified atom stereocenters. The molecule has 144 heavy (non-hydrogen) atoms. The molecule has 0 heteroatoms. The van der Waals surface area contributed by atoms with E-state index >= 15 is 0 Å². The van der Waals surface area contributed by atoms with Gasteiger partial charge in [0.15, 0.2) is 0 Å². The molecule has 0 saturated heterocycles. The van der Waals surface area contributed by atoms with Gasteiger partial charge < -0.3 is 0 Å². The Kier molecular flexibility index (Phi) is 24.3. The maximum Gasteiger partial charge on any atom is 0.0713 e. The second-order valence-electron chi connectivity index (χ2n) is 42.1. The van der Waals surface area contributed by atoms with E-state index in [1.807, 2.05) is 0 Å². The molecule has 0 aliphatic heterocycles. The summed E-state index contributed by atoms with van der Waals surface area (Å²) in [5, 5.41) is 0. The number of hydrogen-bond donors (Lipinski definition) is 0. The zero-order chi connectivity index (χ0) is 97.9. The predicted molar refractivity (Wildman–Crippen MR) is 607 cm³/mol. The third-order valence-electron chi connectivity index (χ3n) is 33.8. The van der Waals surface area contributed by atoms with Gasteiger partial charge in [0.1, 0.15) is 0 Å². The van der Waals surface area contributed by atoms with Gasteiger partial charge in [-0.1, -0.05) is 527 Å². The van der Waals surface area contributed by atoms with E-state index < -0.39 is 0 Å². The molecule has 2 fully saturated rings. The van der Waals surface area contributed by atoms with E-state index in [1.54, 1.807) is 22.3 Å². The van der Waals surface area contributed by atoms with E-state index in [9.17, 15) is 0 Å². The molecule has 0 bridgehead atoms. The number of hydrogen-bond acceptors (Lipinski definition) is 0. The number of benzene rings is 20. The monoisotopic (exact) mass is 1850 g/mol. The fraction of sp³-hybridized carbons (Fsp3) is 0.167. The van der Waals surface area contributed by atoms with Gasteiger partial charge in [0.2, 0.25) is 0 Å². The highest BCUT2D eigenvalue weighted by Gasteiger charge is 2.50. The Bertz CT molecular complexity index is 8130. The molecule has 20 aromatic rings. The van der Waals surface area contributed by atoms with Crippen molar-refractivity contribution in [3.63, 3.8) is 0 Å². The summed E-state index contributed by atoms with van der Waals surface area (Å²) in [6.07, 6.45) is 12.2. The largest absolute Gasteiger partial charge is 0.0713 e. The molecule has 8 aliphatic rings. The molecule has 0 radical (unpaired) electrons. The average Bonchev–Trinajstić information content (AvgIpc) is 1.52. The molecule has 2 spiro atoms. The molecule has 0 N–H and O–H groups in total. The molecule has 28 rings (SSSR count). The van der Waals surface area contributed by atoms with Crippen LogP contribution in [-0.4, -0.2) is 0 Å². The van der Waals surface area contributed by atoms with Crippen LogP contribution in [0.3, 0.4) is 0 Å². The maximum absolute atomic E-state index is 2.45. The first-order chi connectivity index (χ1) is 70.5. The summed E-state index contributed by atoms with van der Waals surface area (Å²) < 4.78 is 0. The van der Waals surface area contributed by atoms with E-state index in [1.165, 1.54) is 264 Å². The Morgan fingerprint density at radius 2 is 0.410 bits per heavy atom. The Hall–Kier alpha value is -15.6. The topological polar surface area (TPSA) is 0 Å². The van der Waals surface area contributed by atoms with Gasteiger partial charge in [0.05, 0.1) is 5.41 Å². The van der Waals surface area contributed by atoms with Crippen molar-refractivity contribution in [1.29, 1.82) is 0 Å². The van der Waals surface area contributed by atoms with Crippen LogP contribution in [0.4, 0.5) is 0 Å². The minimum atomic E-state index is -0.340. The fourth-order valence-corrected chi connectivity index (χ4v) is 26.7. The van der Waals surface area contributed by atoms with Gasteiger partial charge in [-0.15, -0.1) is 0 Å². The van der Waals surface area contributed by atoms with Crippen molar-refractivity contribution < 1.29 is 0 Å². The van der Waals surface area contributed by atoms with Gasteiger partial charge in [0, 0.05) is 27.1 Å². The highest BCUT2D eigenvalue weighted by molar-refractivity contribution is 5.97. The summed E-state index contributed by atoms with van der Waals surface area (Å²) in [5.41, 5.74) is 56.7. The van der Waals surface area contributed by atoms with E-state index in [4.69, 9.17) is 0 Å². The lowest BCUT2D eigenvalue weighted by Crippen LogP contribution is -2.28. The Balaban J connectivity index is 0.0000000967. The minimum Gasteiger partial charge on any atom is -0.0622 e. The van der Waals surface area contributed by atoms with Crippen LogP contribution in [0.15, 0.2) is 479 Å². The number of fused-ring (bicyclic) bond motifs is 22. The summed E-state index contributed by atoms with van der Waals surface area (Å²) in [7, 11) is 0. The summed E-state index contributed by atoms with van der Waals surface area (Å²) in [4.78, 5) is 0. The van der Waals surface area contributed by atoms with Crippen LogP contribution < -0.4 is 0 Å². The summed E-state index contributed by atoms with van der Waals surface area (Å²) in [6.45, 7) is 20.2. The molecule has 0 heterocycles. The lowest BCUT2D eigenvalue weighted by Gasteiger charge is -2.36. The van der Waals surface area contributed by atoms with Crippen LogP contribution in [0.5, 0.6) is 0 Å². The van der Waals surface area contributed by atoms with Gasteiger partial charge in [-0.25, -0.2) is 0 Å². The number of aryl methyl sites for hydroxylation is 6. The molecule has 0 amide bonds. The first kappa shape index (κ1) is 92.1. The standard InChI is InChI=1S/C32H24.2C27H22.C21H18.C19H20.C18H18/c1-23-13-8-9-18-26(23)27-20-12-22-30-31(27)28-19-10-11-21-29(28)32(30,24-14-4-2-5-15-24)25-16-6-3-7-17-25;1-19-13-15-23-24-16-14-21(20-9-5-3-6-10-20)18-26(24)27(2,25(23)17-19)22-11-7-4-8-12-22;1-19-12-14-20(15-13-19)21-16-17-24-23-10-6-7-11-25(23)27(2,26(24)18-21)22-8-4-3-5-9-22;1-15-12-13-18-17-10-6-7-11-19(17)21(2,20(18)14-15)16-8-4-3-5-9-16;1-14-9-10-16-15-7-3-4-8-17(15)19(18(16)13-14)11-5-2-6-12-19;1-13-8-9-15-14-6-2-3-7-16(14)18(17(15)12-13)10-4-5-11-18/h2-22H,1H3;2*3-18H,1-2H3;3-14H,1-2H3;3-4,7-10,13H,2,5-6,11-12H2,1H3;2-3,6-9,12H,4-5,10-11H2,1H3. The smallest absolute Gasteiger partial charge is 0.0622 e. The molecular formula is C144H124. The molecule has 2 saturated carbocycles. The van der Waals surface area contributed by atoms with Crippen LogP contribution in [-0.2, 0) is 32.5 Å². The van der Waals surface area contributed by atoms with Gasteiger partial charge in [-0.05, 0) is 300 Å². The quantitative estimate of drug-likeness (QED) is 0.142. The van der Waals surface area contributed by atoms with Crippen LogP contribution in [0.2, 0.25) is 0 Å². The zero-order valence-corrected chi connectivity index (χ0v) is 84.5. The summed E-state index contributed by atoms with van der Waals surface area (Å²) >= 11 is 0. The number of rotatable bonds is 8. The first-order valence-corrected chi connectivity index (χ1v) is 52.3. The Labute approximate surface area is 853 Å². The lowest BCUT2D eigenvalue weighted by atomic mass is 9.67. The van der Waals surface area contributed by atoms with Crippen molar-refractivity contribution in [3.8, 4) is 100 Å². The molecular weight excluding hydrogens is 1730 g/mol.